The Morgan fingerprint density at radius 3 is 2.54 bits per heavy atom. The molecule has 1 fully saturated rings. The second-order valence-corrected chi connectivity index (χ2v) is 5.63. The number of amides is 2. The van der Waals surface area contributed by atoms with Gasteiger partial charge in [0.15, 0.2) is 0 Å². The maximum atomic E-state index is 13.0. The van der Waals surface area contributed by atoms with Gasteiger partial charge >= 0.3 is 0 Å². The highest BCUT2D eigenvalue weighted by Gasteiger charge is 2.31. The fourth-order valence-electron chi connectivity index (χ4n) is 2.66. The number of benzene rings is 2. The summed E-state index contributed by atoms with van der Waals surface area (Å²) in [6, 6.07) is 15.0. The van der Waals surface area contributed by atoms with Crippen molar-refractivity contribution in [2.24, 2.45) is 0 Å². The molecular weight excluding hydrogens is 307 g/mol. The van der Waals surface area contributed by atoms with Gasteiger partial charge in [0.2, 0.25) is 11.8 Å². The van der Waals surface area contributed by atoms with Crippen molar-refractivity contribution in [2.75, 3.05) is 11.4 Å². The second kappa shape index (κ2) is 7.08. The van der Waals surface area contributed by atoms with Gasteiger partial charge in [-0.3, -0.25) is 9.59 Å². The van der Waals surface area contributed by atoms with E-state index in [1.165, 1.54) is 18.2 Å². The molecule has 1 aliphatic heterocycles. The zero-order valence-electron chi connectivity index (χ0n) is 13.0. The van der Waals surface area contributed by atoms with E-state index in [9.17, 15) is 14.0 Å². The molecule has 0 aromatic heterocycles. The first kappa shape index (κ1) is 15.9. The number of anilines is 1. The molecule has 0 radical (unpaired) electrons. The minimum atomic E-state index is -0.346. The fourth-order valence-corrected chi connectivity index (χ4v) is 2.66. The van der Waals surface area contributed by atoms with Gasteiger partial charge in [0.05, 0.1) is 6.04 Å². The number of hydrogen-bond acceptors (Lipinski definition) is 2. The third-order valence-corrected chi connectivity index (χ3v) is 3.84. The van der Waals surface area contributed by atoms with Gasteiger partial charge in [-0.25, -0.2) is 4.39 Å². The second-order valence-electron chi connectivity index (χ2n) is 5.63. The molecule has 24 heavy (non-hydrogen) atoms. The third kappa shape index (κ3) is 3.87. The Labute approximate surface area is 139 Å². The van der Waals surface area contributed by atoms with Crippen molar-refractivity contribution in [1.29, 1.82) is 0 Å². The number of hydrogen-bond donors (Lipinski definition) is 1. The molecule has 0 bridgehead atoms. The Morgan fingerprint density at radius 1 is 1.12 bits per heavy atom. The molecule has 122 valence electrons. The summed E-state index contributed by atoms with van der Waals surface area (Å²) in [5, 5.41) is 2.83. The SMILES string of the molecule is O=C(/C=C\c1ccccc1)N[C@@H]1CC(=O)N(c2ccc(F)cc2)C1. The number of nitrogens with zero attached hydrogens (tertiary/aromatic N) is 1. The molecule has 1 N–H and O–H groups in total. The lowest BCUT2D eigenvalue weighted by Gasteiger charge is -2.16. The molecule has 1 heterocycles. The summed E-state index contributed by atoms with van der Waals surface area (Å²) >= 11 is 0. The van der Waals surface area contributed by atoms with Crippen LogP contribution in [0.2, 0.25) is 0 Å². The average Bonchev–Trinajstić information content (AvgIpc) is 2.95. The fraction of sp³-hybridized carbons (Fsp3) is 0.158. The van der Waals surface area contributed by atoms with E-state index >= 15 is 0 Å². The Bertz CT molecular complexity index is 757. The van der Waals surface area contributed by atoms with E-state index in [0.29, 0.717) is 12.2 Å². The number of rotatable bonds is 4. The van der Waals surface area contributed by atoms with Crippen LogP contribution in [0.5, 0.6) is 0 Å². The van der Waals surface area contributed by atoms with Gasteiger partial charge in [-0.05, 0) is 35.9 Å². The van der Waals surface area contributed by atoms with Crippen molar-refractivity contribution in [3.8, 4) is 0 Å². The molecule has 2 aromatic carbocycles. The highest BCUT2D eigenvalue weighted by Crippen LogP contribution is 2.21. The minimum Gasteiger partial charge on any atom is -0.347 e. The summed E-state index contributed by atoms with van der Waals surface area (Å²) in [7, 11) is 0. The van der Waals surface area contributed by atoms with E-state index in [1.54, 1.807) is 23.1 Å². The standard InChI is InChI=1S/C19H17FN2O2/c20-15-7-9-17(10-8-15)22-13-16(12-19(22)24)21-18(23)11-6-14-4-2-1-3-5-14/h1-11,16H,12-13H2,(H,21,23)/b11-6-/t16-/m1/s1. The normalized spacial score (nSPS) is 17.5. The van der Waals surface area contributed by atoms with Gasteiger partial charge in [-0.2, -0.15) is 0 Å². The van der Waals surface area contributed by atoms with Crippen molar-refractivity contribution in [2.45, 2.75) is 12.5 Å². The van der Waals surface area contributed by atoms with Gasteiger partial charge in [-0.15, -0.1) is 0 Å². The molecule has 3 rings (SSSR count). The highest BCUT2D eigenvalue weighted by molar-refractivity contribution is 5.98. The highest BCUT2D eigenvalue weighted by atomic mass is 19.1. The van der Waals surface area contributed by atoms with Crippen LogP contribution in [0.1, 0.15) is 12.0 Å². The summed E-state index contributed by atoms with van der Waals surface area (Å²) in [5.41, 5.74) is 1.57. The molecule has 0 unspecified atom stereocenters. The van der Waals surface area contributed by atoms with Crippen LogP contribution in [-0.2, 0) is 9.59 Å². The summed E-state index contributed by atoms with van der Waals surface area (Å²) in [6.07, 6.45) is 3.42. The number of halogens is 1. The number of carbonyl (C=O) groups is 2. The molecule has 2 amide bonds. The van der Waals surface area contributed by atoms with Crippen LogP contribution in [0.4, 0.5) is 10.1 Å². The van der Waals surface area contributed by atoms with Crippen LogP contribution in [0, 0.1) is 5.82 Å². The lowest BCUT2D eigenvalue weighted by Crippen LogP contribution is -2.36. The quantitative estimate of drug-likeness (QED) is 0.879. The van der Waals surface area contributed by atoms with Crippen LogP contribution in [0.3, 0.4) is 0 Å². The van der Waals surface area contributed by atoms with Crippen molar-refractivity contribution >= 4 is 23.6 Å². The number of nitrogens with one attached hydrogen (secondary N) is 1. The van der Waals surface area contributed by atoms with Crippen molar-refractivity contribution in [1.82, 2.24) is 5.32 Å². The first-order valence-electron chi connectivity index (χ1n) is 7.71. The van der Waals surface area contributed by atoms with Crippen molar-refractivity contribution in [3.63, 3.8) is 0 Å². The molecule has 4 nitrogen and oxygen atoms in total. The monoisotopic (exact) mass is 324 g/mol. The molecule has 2 aromatic rings. The molecule has 0 aliphatic carbocycles. The van der Waals surface area contributed by atoms with Crippen molar-refractivity contribution in [3.05, 3.63) is 72.1 Å². The smallest absolute Gasteiger partial charge is 0.244 e. The maximum absolute atomic E-state index is 13.0. The Morgan fingerprint density at radius 2 is 1.83 bits per heavy atom. The predicted molar refractivity (Wildman–Crippen MR) is 90.8 cm³/mol. The lowest BCUT2D eigenvalue weighted by atomic mass is 10.2. The first-order valence-corrected chi connectivity index (χ1v) is 7.71. The molecule has 1 saturated heterocycles. The molecular formula is C19H17FN2O2. The van der Waals surface area contributed by atoms with Gasteiger partial charge in [0.1, 0.15) is 5.82 Å². The molecule has 0 saturated carbocycles. The van der Waals surface area contributed by atoms with Crippen LogP contribution in [-0.4, -0.2) is 24.4 Å². The third-order valence-electron chi connectivity index (χ3n) is 3.84. The maximum Gasteiger partial charge on any atom is 0.244 e. The Hall–Kier alpha value is -2.95. The Kier molecular flexibility index (Phi) is 4.70. The van der Waals surface area contributed by atoms with E-state index in [0.717, 1.165) is 5.56 Å². The minimum absolute atomic E-state index is 0.0843. The van der Waals surface area contributed by atoms with E-state index in [1.807, 2.05) is 30.3 Å². The van der Waals surface area contributed by atoms with Gasteiger partial charge in [0.25, 0.3) is 0 Å². The van der Waals surface area contributed by atoms with E-state index < -0.39 is 0 Å². The Balaban J connectivity index is 1.59. The van der Waals surface area contributed by atoms with Crippen LogP contribution in [0.25, 0.3) is 6.08 Å². The van der Waals surface area contributed by atoms with Crippen LogP contribution < -0.4 is 10.2 Å². The molecule has 5 heteroatoms. The average molecular weight is 324 g/mol. The van der Waals surface area contributed by atoms with E-state index in [2.05, 4.69) is 5.32 Å². The molecule has 1 aliphatic rings. The zero-order valence-corrected chi connectivity index (χ0v) is 13.0. The van der Waals surface area contributed by atoms with Gasteiger partial charge < -0.3 is 10.2 Å². The largest absolute Gasteiger partial charge is 0.347 e. The van der Waals surface area contributed by atoms with E-state index in [4.69, 9.17) is 0 Å². The number of carbonyl (C=O) groups excluding carboxylic acids is 2. The lowest BCUT2D eigenvalue weighted by molar-refractivity contribution is -0.117. The molecule has 1 atom stereocenters. The summed E-state index contributed by atoms with van der Waals surface area (Å²) < 4.78 is 13.0. The summed E-state index contributed by atoms with van der Waals surface area (Å²) in [5.74, 6) is -0.669. The zero-order chi connectivity index (χ0) is 16.9. The van der Waals surface area contributed by atoms with E-state index in [-0.39, 0.29) is 30.1 Å². The molecule has 0 spiro atoms. The summed E-state index contributed by atoms with van der Waals surface area (Å²) in [6.45, 7) is 0.384. The topological polar surface area (TPSA) is 49.4 Å². The first-order chi connectivity index (χ1) is 11.6. The van der Waals surface area contributed by atoms with Crippen LogP contribution >= 0.6 is 0 Å². The van der Waals surface area contributed by atoms with Crippen LogP contribution in [0.15, 0.2) is 60.7 Å². The van der Waals surface area contributed by atoms with Gasteiger partial charge in [0, 0.05) is 24.7 Å². The summed E-state index contributed by atoms with van der Waals surface area (Å²) in [4.78, 5) is 25.6. The van der Waals surface area contributed by atoms with Crippen molar-refractivity contribution < 1.29 is 14.0 Å². The van der Waals surface area contributed by atoms with Gasteiger partial charge in [-0.1, -0.05) is 30.3 Å². The predicted octanol–water partition coefficient (Wildman–Crippen LogP) is 2.76.